The van der Waals surface area contributed by atoms with E-state index in [1.165, 1.54) is 25.7 Å². The highest BCUT2D eigenvalue weighted by molar-refractivity contribution is 5.66. The summed E-state index contributed by atoms with van der Waals surface area (Å²) in [7, 11) is 0. The number of hydrogen-bond acceptors (Lipinski definition) is 3. The van der Waals surface area contributed by atoms with Gasteiger partial charge in [-0.1, -0.05) is 12.8 Å². The summed E-state index contributed by atoms with van der Waals surface area (Å²) in [6, 6.07) is 0.656. The Morgan fingerprint density at radius 1 is 1.35 bits per heavy atom. The molecule has 1 aliphatic carbocycles. The number of aromatic nitrogens is 2. The SMILES string of the molecule is CCN(c1c(N)c(C)nn1CC)C1CCCC1. The minimum absolute atomic E-state index is 0.656. The van der Waals surface area contributed by atoms with Gasteiger partial charge in [0.15, 0.2) is 5.82 Å². The largest absolute Gasteiger partial charge is 0.394 e. The number of nitrogen functional groups attached to an aromatic ring is 1. The van der Waals surface area contributed by atoms with Crippen molar-refractivity contribution in [1.29, 1.82) is 0 Å². The maximum absolute atomic E-state index is 6.20. The third-order valence-electron chi connectivity index (χ3n) is 3.82. The number of aryl methyl sites for hydroxylation is 2. The molecule has 0 atom stereocenters. The number of anilines is 2. The molecule has 1 aromatic rings. The van der Waals surface area contributed by atoms with Crippen LogP contribution in [0.15, 0.2) is 0 Å². The highest BCUT2D eigenvalue weighted by Crippen LogP contribution is 2.33. The average Bonchev–Trinajstić information content (AvgIpc) is 2.93. The van der Waals surface area contributed by atoms with Crippen LogP contribution in [0.25, 0.3) is 0 Å². The van der Waals surface area contributed by atoms with Crippen LogP contribution in [0, 0.1) is 6.92 Å². The second-order valence-electron chi connectivity index (χ2n) is 4.86. The summed E-state index contributed by atoms with van der Waals surface area (Å²) < 4.78 is 2.05. The van der Waals surface area contributed by atoms with Crippen molar-refractivity contribution in [2.75, 3.05) is 17.2 Å². The first kappa shape index (κ1) is 12.3. The Bertz CT molecular complexity index is 377. The summed E-state index contributed by atoms with van der Waals surface area (Å²) in [5.41, 5.74) is 8.02. The molecule has 1 heterocycles. The van der Waals surface area contributed by atoms with Crippen LogP contribution in [-0.4, -0.2) is 22.4 Å². The summed E-state index contributed by atoms with van der Waals surface area (Å²) in [5.74, 6) is 1.14. The number of nitrogens with zero attached hydrogens (tertiary/aromatic N) is 3. The first-order chi connectivity index (χ1) is 8.19. The second-order valence-corrected chi connectivity index (χ2v) is 4.86. The minimum atomic E-state index is 0.656. The molecule has 1 aromatic heterocycles. The van der Waals surface area contributed by atoms with Crippen molar-refractivity contribution in [2.45, 2.75) is 59.0 Å². The molecule has 0 saturated heterocycles. The van der Waals surface area contributed by atoms with E-state index in [2.05, 4.69) is 23.8 Å². The predicted molar refractivity (Wildman–Crippen MR) is 72.3 cm³/mol. The van der Waals surface area contributed by atoms with Gasteiger partial charge in [-0.05, 0) is 33.6 Å². The maximum Gasteiger partial charge on any atom is 0.150 e. The van der Waals surface area contributed by atoms with E-state index in [1.807, 2.05) is 11.6 Å². The first-order valence-electron chi connectivity index (χ1n) is 6.78. The quantitative estimate of drug-likeness (QED) is 0.874. The fraction of sp³-hybridized carbons (Fsp3) is 0.769. The van der Waals surface area contributed by atoms with Crippen LogP contribution in [0.4, 0.5) is 11.5 Å². The van der Waals surface area contributed by atoms with E-state index in [-0.39, 0.29) is 0 Å². The lowest BCUT2D eigenvalue weighted by atomic mass is 10.2. The van der Waals surface area contributed by atoms with Crippen LogP contribution in [0.2, 0.25) is 0 Å². The lowest BCUT2D eigenvalue weighted by molar-refractivity contribution is 0.571. The molecule has 0 spiro atoms. The molecule has 1 fully saturated rings. The van der Waals surface area contributed by atoms with Gasteiger partial charge in [0.2, 0.25) is 0 Å². The molecule has 1 aliphatic rings. The molecule has 0 radical (unpaired) electrons. The topological polar surface area (TPSA) is 47.1 Å². The molecular formula is C13H24N4. The Morgan fingerprint density at radius 2 is 2.00 bits per heavy atom. The van der Waals surface area contributed by atoms with Gasteiger partial charge in [-0.15, -0.1) is 0 Å². The Labute approximate surface area is 104 Å². The Kier molecular flexibility index (Phi) is 3.60. The van der Waals surface area contributed by atoms with Gasteiger partial charge in [0.1, 0.15) is 0 Å². The number of hydrogen-bond donors (Lipinski definition) is 1. The summed E-state index contributed by atoms with van der Waals surface area (Å²) in [4.78, 5) is 2.45. The van der Waals surface area contributed by atoms with E-state index < -0.39 is 0 Å². The lowest BCUT2D eigenvalue weighted by Crippen LogP contribution is -2.35. The normalized spacial score (nSPS) is 16.6. The molecule has 4 nitrogen and oxygen atoms in total. The van der Waals surface area contributed by atoms with Gasteiger partial charge in [-0.25, -0.2) is 4.68 Å². The molecule has 17 heavy (non-hydrogen) atoms. The molecule has 2 N–H and O–H groups in total. The van der Waals surface area contributed by atoms with Crippen molar-refractivity contribution >= 4 is 11.5 Å². The minimum Gasteiger partial charge on any atom is -0.394 e. The van der Waals surface area contributed by atoms with Crippen molar-refractivity contribution < 1.29 is 0 Å². The van der Waals surface area contributed by atoms with E-state index in [0.717, 1.165) is 30.3 Å². The zero-order valence-electron chi connectivity index (χ0n) is 11.2. The van der Waals surface area contributed by atoms with Gasteiger partial charge in [-0.2, -0.15) is 5.10 Å². The monoisotopic (exact) mass is 236 g/mol. The molecule has 1 saturated carbocycles. The van der Waals surface area contributed by atoms with Gasteiger partial charge in [0, 0.05) is 19.1 Å². The van der Waals surface area contributed by atoms with Gasteiger partial charge in [0.05, 0.1) is 11.4 Å². The van der Waals surface area contributed by atoms with Crippen molar-refractivity contribution in [3.05, 3.63) is 5.69 Å². The standard InChI is InChI=1S/C13H24N4/c1-4-16(11-8-6-7-9-11)13-12(14)10(3)15-17(13)5-2/h11H,4-9,14H2,1-3H3. The van der Waals surface area contributed by atoms with Crippen molar-refractivity contribution in [3.63, 3.8) is 0 Å². The zero-order valence-corrected chi connectivity index (χ0v) is 11.2. The average molecular weight is 236 g/mol. The van der Waals surface area contributed by atoms with Crippen LogP contribution in [-0.2, 0) is 6.54 Å². The van der Waals surface area contributed by atoms with E-state index in [0.29, 0.717) is 6.04 Å². The molecule has 0 aliphatic heterocycles. The number of rotatable bonds is 4. The summed E-state index contributed by atoms with van der Waals surface area (Å²) in [6.07, 6.45) is 5.28. The van der Waals surface area contributed by atoms with E-state index in [1.54, 1.807) is 0 Å². The Balaban J connectivity index is 2.35. The van der Waals surface area contributed by atoms with Crippen molar-refractivity contribution in [1.82, 2.24) is 9.78 Å². The maximum atomic E-state index is 6.20. The predicted octanol–water partition coefficient (Wildman–Crippen LogP) is 2.56. The van der Waals surface area contributed by atoms with Gasteiger partial charge >= 0.3 is 0 Å². The Morgan fingerprint density at radius 3 is 2.53 bits per heavy atom. The highest BCUT2D eigenvalue weighted by Gasteiger charge is 2.26. The molecular weight excluding hydrogens is 212 g/mol. The summed E-state index contributed by atoms with van der Waals surface area (Å²) in [5, 5.41) is 4.52. The molecule has 0 amide bonds. The Hall–Kier alpha value is -1.19. The van der Waals surface area contributed by atoms with Crippen molar-refractivity contribution in [3.8, 4) is 0 Å². The van der Waals surface area contributed by atoms with Crippen LogP contribution in [0.5, 0.6) is 0 Å². The number of nitrogens with two attached hydrogens (primary N) is 1. The second kappa shape index (κ2) is 4.98. The van der Waals surface area contributed by atoms with Crippen LogP contribution >= 0.6 is 0 Å². The van der Waals surface area contributed by atoms with Crippen LogP contribution in [0.3, 0.4) is 0 Å². The lowest BCUT2D eigenvalue weighted by Gasteiger charge is -2.30. The van der Waals surface area contributed by atoms with Gasteiger partial charge in [0.25, 0.3) is 0 Å². The highest BCUT2D eigenvalue weighted by atomic mass is 15.4. The van der Waals surface area contributed by atoms with E-state index >= 15 is 0 Å². The van der Waals surface area contributed by atoms with Crippen LogP contribution in [0.1, 0.15) is 45.2 Å². The fourth-order valence-corrected chi connectivity index (χ4v) is 2.90. The summed E-state index contributed by atoms with van der Waals surface area (Å²) in [6.45, 7) is 8.22. The molecule has 96 valence electrons. The van der Waals surface area contributed by atoms with Gasteiger partial charge in [-0.3, -0.25) is 0 Å². The third-order valence-corrected chi connectivity index (χ3v) is 3.82. The van der Waals surface area contributed by atoms with E-state index in [4.69, 9.17) is 5.73 Å². The summed E-state index contributed by atoms with van der Waals surface area (Å²) >= 11 is 0. The fourth-order valence-electron chi connectivity index (χ4n) is 2.90. The first-order valence-corrected chi connectivity index (χ1v) is 6.78. The van der Waals surface area contributed by atoms with Crippen LogP contribution < -0.4 is 10.6 Å². The third kappa shape index (κ3) is 2.13. The zero-order chi connectivity index (χ0) is 12.4. The molecule has 0 unspecified atom stereocenters. The van der Waals surface area contributed by atoms with Gasteiger partial charge < -0.3 is 10.6 Å². The molecule has 0 bridgehead atoms. The molecule has 2 rings (SSSR count). The van der Waals surface area contributed by atoms with E-state index in [9.17, 15) is 0 Å². The smallest absolute Gasteiger partial charge is 0.150 e. The molecule has 0 aromatic carbocycles. The van der Waals surface area contributed by atoms with Crippen molar-refractivity contribution in [2.24, 2.45) is 0 Å². The molecule has 4 heteroatoms.